The number of hydrogen-bond acceptors (Lipinski definition) is 3. The Labute approximate surface area is 110 Å². The Morgan fingerprint density at radius 3 is 2.65 bits per heavy atom. The lowest BCUT2D eigenvalue weighted by molar-refractivity contribution is -0.139. The van der Waals surface area contributed by atoms with Crippen molar-refractivity contribution >= 4 is 21.9 Å². The van der Waals surface area contributed by atoms with Crippen LogP contribution in [0.25, 0.3) is 0 Å². The summed E-state index contributed by atoms with van der Waals surface area (Å²) >= 11 is 3.43. The fraction of sp³-hybridized carbons (Fsp3) is 0.462. The van der Waals surface area contributed by atoms with Gasteiger partial charge in [0.2, 0.25) is 0 Å². The number of ether oxygens (including phenoxy) is 1. The molecule has 1 N–H and O–H groups in total. The van der Waals surface area contributed by atoms with Gasteiger partial charge in [0.1, 0.15) is 0 Å². The lowest BCUT2D eigenvalue weighted by atomic mass is 9.76. The highest BCUT2D eigenvalue weighted by molar-refractivity contribution is 9.10. The summed E-state index contributed by atoms with van der Waals surface area (Å²) in [5.41, 5.74) is 1.38. The second-order valence-electron chi connectivity index (χ2n) is 4.37. The first-order valence-corrected chi connectivity index (χ1v) is 6.54. The molecule has 0 aliphatic heterocycles. The van der Waals surface area contributed by atoms with Crippen LogP contribution < -0.4 is 5.32 Å². The first kappa shape index (κ1) is 12.6. The van der Waals surface area contributed by atoms with Crippen LogP contribution in [0.1, 0.15) is 24.3 Å². The van der Waals surface area contributed by atoms with Gasteiger partial charge in [0.25, 0.3) is 0 Å². The monoisotopic (exact) mass is 297 g/mol. The van der Waals surface area contributed by atoms with Gasteiger partial charge in [-0.25, -0.2) is 0 Å². The van der Waals surface area contributed by atoms with Crippen molar-refractivity contribution in [3.05, 3.63) is 34.3 Å². The maximum absolute atomic E-state index is 11.0. The van der Waals surface area contributed by atoms with Crippen LogP contribution in [0.2, 0.25) is 0 Å². The van der Waals surface area contributed by atoms with E-state index >= 15 is 0 Å². The van der Waals surface area contributed by atoms with Crippen molar-refractivity contribution < 1.29 is 9.53 Å². The highest BCUT2D eigenvalue weighted by atomic mass is 79.9. The molecular weight excluding hydrogens is 282 g/mol. The van der Waals surface area contributed by atoms with E-state index < -0.39 is 0 Å². The lowest BCUT2D eigenvalue weighted by Crippen LogP contribution is -2.42. The third-order valence-corrected chi connectivity index (χ3v) is 3.77. The standard InChI is InChI=1S/C13H16BrNO2/c1-17-13(16)8-15-12-6-10(7-12)9-2-4-11(14)5-3-9/h2-5,10,12,15H,6-8H2,1H3. The SMILES string of the molecule is COC(=O)CNC1CC(c2ccc(Br)cc2)C1. The highest BCUT2D eigenvalue weighted by Gasteiger charge is 2.30. The molecule has 0 spiro atoms. The van der Waals surface area contributed by atoms with E-state index in [0.717, 1.165) is 17.3 Å². The summed E-state index contributed by atoms with van der Waals surface area (Å²) in [6, 6.07) is 8.91. The minimum atomic E-state index is -0.197. The molecule has 0 unspecified atom stereocenters. The number of carbonyl (C=O) groups is 1. The molecule has 1 aliphatic rings. The molecule has 0 saturated heterocycles. The first-order valence-electron chi connectivity index (χ1n) is 5.74. The van der Waals surface area contributed by atoms with Gasteiger partial charge in [0.05, 0.1) is 13.7 Å². The van der Waals surface area contributed by atoms with Crippen molar-refractivity contribution in [1.82, 2.24) is 5.32 Å². The van der Waals surface area contributed by atoms with Gasteiger partial charge in [0, 0.05) is 10.5 Å². The molecule has 0 radical (unpaired) electrons. The van der Waals surface area contributed by atoms with E-state index in [9.17, 15) is 4.79 Å². The van der Waals surface area contributed by atoms with E-state index in [0.29, 0.717) is 18.5 Å². The van der Waals surface area contributed by atoms with Gasteiger partial charge in [-0.2, -0.15) is 0 Å². The first-order chi connectivity index (χ1) is 8.19. The number of methoxy groups -OCH3 is 1. The Balaban J connectivity index is 1.75. The lowest BCUT2D eigenvalue weighted by Gasteiger charge is -2.36. The maximum Gasteiger partial charge on any atom is 0.319 e. The average molecular weight is 298 g/mol. The Kier molecular flexibility index (Phi) is 4.18. The zero-order valence-corrected chi connectivity index (χ0v) is 11.4. The second kappa shape index (κ2) is 5.65. The largest absolute Gasteiger partial charge is 0.468 e. The number of hydrogen-bond donors (Lipinski definition) is 1. The number of halogens is 1. The maximum atomic E-state index is 11.0. The quantitative estimate of drug-likeness (QED) is 0.868. The fourth-order valence-electron chi connectivity index (χ4n) is 2.09. The van der Waals surface area contributed by atoms with Gasteiger partial charge < -0.3 is 10.1 Å². The summed E-state index contributed by atoms with van der Waals surface area (Å²) in [6.07, 6.45) is 2.19. The van der Waals surface area contributed by atoms with Crippen molar-refractivity contribution in [2.75, 3.05) is 13.7 Å². The van der Waals surface area contributed by atoms with E-state index in [4.69, 9.17) is 0 Å². The Bertz CT molecular complexity index is 385. The molecule has 0 bridgehead atoms. The molecular formula is C13H16BrNO2. The van der Waals surface area contributed by atoms with Crippen LogP contribution in [0.5, 0.6) is 0 Å². The summed E-state index contributed by atoms with van der Waals surface area (Å²) in [4.78, 5) is 11.0. The molecule has 2 rings (SSSR count). The summed E-state index contributed by atoms with van der Waals surface area (Å²) in [7, 11) is 1.41. The molecule has 1 aromatic carbocycles. The Morgan fingerprint density at radius 1 is 1.41 bits per heavy atom. The van der Waals surface area contributed by atoms with Crippen molar-refractivity contribution in [2.24, 2.45) is 0 Å². The smallest absolute Gasteiger partial charge is 0.319 e. The molecule has 0 atom stereocenters. The Morgan fingerprint density at radius 2 is 2.06 bits per heavy atom. The highest BCUT2D eigenvalue weighted by Crippen LogP contribution is 2.37. The number of esters is 1. The van der Waals surface area contributed by atoms with E-state index in [1.807, 2.05) is 0 Å². The van der Waals surface area contributed by atoms with Gasteiger partial charge in [-0.3, -0.25) is 4.79 Å². The van der Waals surface area contributed by atoms with Crippen molar-refractivity contribution in [3.8, 4) is 0 Å². The van der Waals surface area contributed by atoms with Gasteiger partial charge in [-0.15, -0.1) is 0 Å². The summed E-state index contributed by atoms with van der Waals surface area (Å²) in [5.74, 6) is 0.426. The number of carbonyl (C=O) groups excluding carboxylic acids is 1. The molecule has 4 heteroatoms. The molecule has 1 aromatic rings. The number of rotatable bonds is 4. The van der Waals surface area contributed by atoms with Crippen LogP contribution in [-0.2, 0) is 9.53 Å². The topological polar surface area (TPSA) is 38.3 Å². The summed E-state index contributed by atoms with van der Waals surface area (Å²) < 4.78 is 5.70. The van der Waals surface area contributed by atoms with Crippen molar-refractivity contribution in [2.45, 2.75) is 24.8 Å². The van der Waals surface area contributed by atoms with Crippen LogP contribution in [0, 0.1) is 0 Å². The van der Waals surface area contributed by atoms with Crippen LogP contribution in [0.3, 0.4) is 0 Å². The van der Waals surface area contributed by atoms with E-state index in [2.05, 4.69) is 50.2 Å². The molecule has 1 fully saturated rings. The molecule has 92 valence electrons. The zero-order valence-electron chi connectivity index (χ0n) is 9.78. The van der Waals surface area contributed by atoms with Crippen LogP contribution in [0.4, 0.5) is 0 Å². The van der Waals surface area contributed by atoms with Gasteiger partial charge in [0.15, 0.2) is 0 Å². The molecule has 1 saturated carbocycles. The molecule has 0 amide bonds. The summed E-state index contributed by atoms with van der Waals surface area (Å²) in [5, 5.41) is 3.20. The number of benzene rings is 1. The minimum Gasteiger partial charge on any atom is -0.468 e. The molecule has 0 aromatic heterocycles. The van der Waals surface area contributed by atoms with Gasteiger partial charge in [-0.05, 0) is 36.5 Å². The fourth-order valence-corrected chi connectivity index (χ4v) is 2.36. The van der Waals surface area contributed by atoms with Crippen LogP contribution >= 0.6 is 15.9 Å². The predicted octanol–water partition coefficient (Wildman–Crippen LogP) is 2.46. The van der Waals surface area contributed by atoms with E-state index in [1.165, 1.54) is 12.7 Å². The Hall–Kier alpha value is -0.870. The van der Waals surface area contributed by atoms with Crippen LogP contribution in [0.15, 0.2) is 28.7 Å². The second-order valence-corrected chi connectivity index (χ2v) is 5.29. The minimum absolute atomic E-state index is 0.197. The zero-order chi connectivity index (χ0) is 12.3. The van der Waals surface area contributed by atoms with Crippen molar-refractivity contribution in [1.29, 1.82) is 0 Å². The molecule has 3 nitrogen and oxygen atoms in total. The molecule has 0 heterocycles. The molecule has 17 heavy (non-hydrogen) atoms. The van der Waals surface area contributed by atoms with Gasteiger partial charge >= 0.3 is 5.97 Å². The third-order valence-electron chi connectivity index (χ3n) is 3.24. The van der Waals surface area contributed by atoms with Crippen LogP contribution in [-0.4, -0.2) is 25.7 Å². The van der Waals surface area contributed by atoms with Gasteiger partial charge in [-0.1, -0.05) is 28.1 Å². The average Bonchev–Trinajstić information content (AvgIpc) is 2.29. The van der Waals surface area contributed by atoms with E-state index in [1.54, 1.807) is 0 Å². The molecule has 1 aliphatic carbocycles. The van der Waals surface area contributed by atoms with E-state index in [-0.39, 0.29) is 5.97 Å². The normalized spacial score (nSPS) is 22.9. The summed E-state index contributed by atoms with van der Waals surface area (Å²) in [6.45, 7) is 0.314. The number of nitrogens with one attached hydrogen (secondary N) is 1. The third kappa shape index (κ3) is 3.30. The predicted molar refractivity (Wildman–Crippen MR) is 69.9 cm³/mol. The van der Waals surface area contributed by atoms with Crippen molar-refractivity contribution in [3.63, 3.8) is 0 Å².